The van der Waals surface area contributed by atoms with Crippen LogP contribution in [0.5, 0.6) is 0 Å². The lowest BCUT2D eigenvalue weighted by Gasteiger charge is -2.55. The van der Waals surface area contributed by atoms with Gasteiger partial charge in [0.25, 0.3) is 0 Å². The molecule has 450 valence electrons. The average Bonchev–Trinajstić information content (AvgIpc) is 4.08. The maximum Gasteiger partial charge on any atom is 0.407 e. The number of amides is 1. The Labute approximate surface area is 474 Å². The van der Waals surface area contributed by atoms with Crippen LogP contribution in [0.25, 0.3) is 0 Å². The molecule has 1 N–H and O–H groups in total. The first-order valence-electron chi connectivity index (χ1n) is 31.3. The van der Waals surface area contributed by atoms with E-state index >= 15 is 0 Å². The van der Waals surface area contributed by atoms with Crippen molar-refractivity contribution in [1.29, 1.82) is 0 Å². The van der Waals surface area contributed by atoms with Crippen LogP contribution in [0.4, 0.5) is 4.79 Å². The molecule has 0 spiro atoms. The van der Waals surface area contributed by atoms with Crippen molar-refractivity contribution >= 4 is 41.9 Å². The van der Waals surface area contributed by atoms with Gasteiger partial charge in [-0.3, -0.25) is 28.8 Å². The number of rotatable bonds is 45. The molecule has 1 heterocycles. The minimum absolute atomic E-state index is 0.0137. The Morgan fingerprint density at radius 2 is 0.937 bits per heavy atom. The lowest BCUT2D eigenvalue weighted by Crippen LogP contribution is -2.52. The molecule has 16 nitrogen and oxygen atoms in total. The molecular weight excluding hydrogens is 1010 g/mol. The van der Waals surface area contributed by atoms with Crippen LogP contribution >= 0.6 is 0 Å². The Hall–Kier alpha value is -4.47. The molecule has 1 amide bonds. The summed E-state index contributed by atoms with van der Waals surface area (Å²) in [4.78, 5) is 95.2. The van der Waals surface area contributed by atoms with Crippen LogP contribution < -0.4 is 5.32 Å². The van der Waals surface area contributed by atoms with Gasteiger partial charge in [0.2, 0.25) is 0 Å². The zero-order valence-electron chi connectivity index (χ0n) is 49.2. The van der Waals surface area contributed by atoms with Crippen molar-refractivity contribution in [2.45, 2.75) is 239 Å². The number of nitrogens with one attached hydrogen (secondary N) is 1. The van der Waals surface area contributed by atoms with Crippen LogP contribution in [0.1, 0.15) is 233 Å². The molecule has 16 heteroatoms. The van der Waals surface area contributed by atoms with E-state index in [2.05, 4.69) is 43.1 Å². The topological polar surface area (TPSA) is 199 Å². The average molecular weight is 1110 g/mol. The lowest BCUT2D eigenvalue weighted by molar-refractivity contribution is -0.184. The second-order valence-electron chi connectivity index (χ2n) is 23.5. The van der Waals surface area contributed by atoms with Gasteiger partial charge in [0.15, 0.2) is 0 Å². The van der Waals surface area contributed by atoms with Crippen LogP contribution in [0, 0.1) is 28.6 Å². The summed E-state index contributed by atoms with van der Waals surface area (Å²) in [6, 6.07) is 0. The zero-order chi connectivity index (χ0) is 56.8. The molecule has 0 aromatic carbocycles. The quantitative estimate of drug-likeness (QED) is 0.0261. The van der Waals surface area contributed by atoms with Gasteiger partial charge < -0.3 is 43.4 Å². The number of allylic oxidation sites excluding steroid dienone is 2. The minimum atomic E-state index is -1.48. The first-order valence-corrected chi connectivity index (χ1v) is 31.3. The molecule has 4 bridgehead atoms. The fourth-order valence-corrected chi connectivity index (χ4v) is 12.0. The van der Waals surface area contributed by atoms with E-state index < -0.39 is 60.8 Å². The van der Waals surface area contributed by atoms with E-state index in [1.165, 1.54) is 25.7 Å². The number of hydrogen-bond acceptors (Lipinski definition) is 15. The molecule has 1 unspecified atom stereocenters. The normalized spacial score (nSPS) is 20.1. The number of nitrogens with zero attached hydrogens (tertiary/aromatic N) is 1. The molecule has 5 aliphatic rings. The largest absolute Gasteiger partial charge is 0.465 e. The molecule has 4 saturated carbocycles. The third-order valence-corrected chi connectivity index (χ3v) is 16.2. The third-order valence-electron chi connectivity index (χ3n) is 16.2. The molecule has 0 radical (unpaired) electrons. The summed E-state index contributed by atoms with van der Waals surface area (Å²) in [6.45, 7) is 8.76. The van der Waals surface area contributed by atoms with Crippen LogP contribution in [-0.4, -0.2) is 119 Å². The predicted molar refractivity (Wildman–Crippen MR) is 303 cm³/mol. The summed E-state index contributed by atoms with van der Waals surface area (Å²) in [6.07, 6.45) is 31.9. The summed E-state index contributed by atoms with van der Waals surface area (Å²) in [5.74, 6) is -1.33. The molecule has 1 saturated heterocycles. The Bertz CT molecular complexity index is 1750. The van der Waals surface area contributed by atoms with Gasteiger partial charge >= 0.3 is 41.9 Å². The smallest absolute Gasteiger partial charge is 0.407 e. The summed E-state index contributed by atoms with van der Waals surface area (Å²) >= 11 is 0. The van der Waals surface area contributed by atoms with Gasteiger partial charge in [0, 0.05) is 45.2 Å². The SMILES string of the molecule is CCCCC/C=C\CCOC(=O)CCCCC(=O)OCC(COC(=O)CCCCC(=O)OCC/C=C\CCCCC)(COC(=O)CCC(CCCCCC)OC(=O)NCCN1CCCC1)COC(=O)C12CC3CC(CC(C3)C1)C2. The number of ether oxygens (including phenoxy) is 7. The predicted octanol–water partition coefficient (Wildman–Crippen LogP) is 12.6. The Morgan fingerprint density at radius 3 is 1.42 bits per heavy atom. The molecule has 4 aliphatic carbocycles. The first-order chi connectivity index (χ1) is 38.4. The number of unbranched alkanes of at least 4 members (excludes halogenated alkanes) is 11. The number of esters is 6. The minimum Gasteiger partial charge on any atom is -0.465 e. The van der Waals surface area contributed by atoms with E-state index in [1.54, 1.807) is 0 Å². The standard InChI is InChI=1S/C63H104N2O14/c1-4-7-10-13-15-17-26-39-73-55(66)29-20-22-31-57(68)75-47-62(50-78-60(71)63-44-51-41-52(45-63)43-53(42-51)46-63,48-76-58(69)32-23-21-30-56(67)74-40-27-18-16-14-11-8-5-2)49-77-59(70)34-33-54(28-19-12-9-6-3)79-61(72)64-35-38-65-36-24-25-37-65/h15-18,51-54H,4-14,19-50H2,1-3H3,(H,64,72)/b17-15-,18-16-. The summed E-state index contributed by atoms with van der Waals surface area (Å²) in [5, 5.41) is 2.87. The number of carbonyl (C=O) groups excluding carboxylic acids is 7. The Balaban J connectivity index is 1.40. The molecule has 0 aromatic heterocycles. The fourth-order valence-electron chi connectivity index (χ4n) is 12.0. The lowest BCUT2D eigenvalue weighted by atomic mass is 9.49. The van der Waals surface area contributed by atoms with Crippen molar-refractivity contribution in [2.75, 3.05) is 65.8 Å². The van der Waals surface area contributed by atoms with Crippen molar-refractivity contribution in [2.24, 2.45) is 28.6 Å². The number of alkyl carbamates (subject to hydrolysis) is 1. The van der Waals surface area contributed by atoms with Crippen LogP contribution in [0.15, 0.2) is 24.3 Å². The number of hydrogen-bond donors (Lipinski definition) is 1. The maximum atomic E-state index is 14.4. The second-order valence-corrected chi connectivity index (χ2v) is 23.5. The molecule has 79 heavy (non-hydrogen) atoms. The highest BCUT2D eigenvalue weighted by Crippen LogP contribution is 2.60. The molecule has 5 fully saturated rings. The van der Waals surface area contributed by atoms with E-state index in [1.807, 2.05) is 12.2 Å². The second kappa shape index (κ2) is 39.8. The van der Waals surface area contributed by atoms with Gasteiger partial charge in [-0.15, -0.1) is 0 Å². The molecule has 0 aromatic rings. The third kappa shape index (κ3) is 28.7. The van der Waals surface area contributed by atoms with Gasteiger partial charge in [0.05, 0.1) is 18.6 Å². The summed E-state index contributed by atoms with van der Waals surface area (Å²) in [5.41, 5.74) is -2.10. The Morgan fingerprint density at radius 1 is 0.506 bits per heavy atom. The van der Waals surface area contributed by atoms with Crippen molar-refractivity contribution in [1.82, 2.24) is 10.2 Å². The maximum absolute atomic E-state index is 14.4. The van der Waals surface area contributed by atoms with Gasteiger partial charge in [-0.1, -0.05) is 90.0 Å². The summed E-state index contributed by atoms with van der Waals surface area (Å²) in [7, 11) is 0. The van der Waals surface area contributed by atoms with Crippen LogP contribution in [0.3, 0.4) is 0 Å². The number of likely N-dealkylation sites (tertiary alicyclic amines) is 1. The highest BCUT2D eigenvalue weighted by molar-refractivity contribution is 5.78. The van der Waals surface area contributed by atoms with E-state index in [9.17, 15) is 33.6 Å². The first kappa shape index (κ1) is 67.0. The van der Waals surface area contributed by atoms with E-state index in [-0.39, 0.29) is 63.0 Å². The van der Waals surface area contributed by atoms with Gasteiger partial charge in [-0.25, -0.2) is 4.79 Å². The van der Waals surface area contributed by atoms with Gasteiger partial charge in [-0.2, -0.15) is 0 Å². The van der Waals surface area contributed by atoms with E-state index in [0.717, 1.165) is 122 Å². The van der Waals surface area contributed by atoms with E-state index in [0.29, 0.717) is 82.5 Å². The van der Waals surface area contributed by atoms with Crippen LogP contribution in [0.2, 0.25) is 0 Å². The fraction of sp³-hybridized carbons (Fsp3) is 0.825. The van der Waals surface area contributed by atoms with Crippen molar-refractivity contribution in [3.05, 3.63) is 24.3 Å². The van der Waals surface area contributed by atoms with Crippen molar-refractivity contribution in [3.63, 3.8) is 0 Å². The van der Waals surface area contributed by atoms with Gasteiger partial charge in [0.1, 0.15) is 37.9 Å². The van der Waals surface area contributed by atoms with Crippen molar-refractivity contribution < 1.29 is 66.7 Å². The molecular formula is C63H104N2O14. The zero-order valence-corrected chi connectivity index (χ0v) is 49.2. The van der Waals surface area contributed by atoms with Gasteiger partial charge in [-0.05, 0) is 166 Å². The van der Waals surface area contributed by atoms with E-state index in [4.69, 9.17) is 33.2 Å². The highest BCUT2D eigenvalue weighted by Gasteiger charge is 2.56. The number of carbonyl (C=O) groups is 7. The monoisotopic (exact) mass is 1110 g/mol. The van der Waals surface area contributed by atoms with Crippen LogP contribution in [-0.2, 0) is 61.9 Å². The highest BCUT2D eigenvalue weighted by atomic mass is 16.6. The molecule has 1 atom stereocenters. The Kier molecular flexibility index (Phi) is 33.8. The molecule has 1 aliphatic heterocycles. The summed E-state index contributed by atoms with van der Waals surface area (Å²) < 4.78 is 40.7. The molecule has 5 rings (SSSR count). The van der Waals surface area contributed by atoms with Crippen molar-refractivity contribution in [3.8, 4) is 0 Å².